The maximum atomic E-state index is 11.1. The Bertz CT molecular complexity index is 396. The van der Waals surface area contributed by atoms with Crippen LogP contribution in [0.2, 0.25) is 0 Å². The van der Waals surface area contributed by atoms with E-state index in [9.17, 15) is 4.79 Å². The van der Waals surface area contributed by atoms with Crippen LogP contribution in [0.5, 0.6) is 5.75 Å². The van der Waals surface area contributed by atoms with Crippen LogP contribution in [0.4, 0.5) is 0 Å². The minimum atomic E-state index is -0.125. The standard InChI is InChI=1S/C15H20O2/c1-2-3-4-5-6-7-12-8-9-14-13(10-12)11-15(16)17-14/h8-10H,2-7,11H2,1H3. The smallest absolute Gasteiger partial charge is 0.315 e. The number of carbonyl (C=O) groups is 1. The normalized spacial score (nSPS) is 13.6. The van der Waals surface area contributed by atoms with Crippen molar-refractivity contribution in [1.82, 2.24) is 0 Å². The molecule has 0 saturated carbocycles. The lowest BCUT2D eigenvalue weighted by atomic mass is 10.0. The van der Waals surface area contributed by atoms with Crippen molar-refractivity contribution in [3.05, 3.63) is 29.3 Å². The van der Waals surface area contributed by atoms with Gasteiger partial charge in [0.15, 0.2) is 0 Å². The molecule has 1 aliphatic rings. The molecule has 0 radical (unpaired) electrons. The first kappa shape index (κ1) is 12.2. The highest BCUT2D eigenvalue weighted by Gasteiger charge is 2.19. The van der Waals surface area contributed by atoms with E-state index in [1.165, 1.54) is 37.7 Å². The average molecular weight is 232 g/mol. The molecule has 0 atom stereocenters. The van der Waals surface area contributed by atoms with Crippen molar-refractivity contribution in [3.8, 4) is 5.75 Å². The van der Waals surface area contributed by atoms with Gasteiger partial charge in [-0.15, -0.1) is 0 Å². The number of aryl methyl sites for hydroxylation is 1. The van der Waals surface area contributed by atoms with Crippen LogP contribution in [0.3, 0.4) is 0 Å². The van der Waals surface area contributed by atoms with Gasteiger partial charge in [0, 0.05) is 5.56 Å². The molecule has 0 fully saturated rings. The Kier molecular flexibility index (Phi) is 4.18. The molecule has 1 aromatic rings. The van der Waals surface area contributed by atoms with Gasteiger partial charge in [0.2, 0.25) is 0 Å². The summed E-state index contributed by atoms with van der Waals surface area (Å²) in [6.45, 7) is 2.23. The number of benzene rings is 1. The van der Waals surface area contributed by atoms with Gasteiger partial charge in [0.05, 0.1) is 6.42 Å². The van der Waals surface area contributed by atoms with E-state index in [1.54, 1.807) is 0 Å². The molecule has 1 aromatic carbocycles. The Morgan fingerprint density at radius 1 is 1.18 bits per heavy atom. The number of unbranched alkanes of at least 4 members (excludes halogenated alkanes) is 4. The predicted molar refractivity (Wildman–Crippen MR) is 68.2 cm³/mol. The average Bonchev–Trinajstić information content (AvgIpc) is 2.68. The largest absolute Gasteiger partial charge is 0.426 e. The fourth-order valence-corrected chi connectivity index (χ4v) is 2.27. The topological polar surface area (TPSA) is 26.3 Å². The van der Waals surface area contributed by atoms with Gasteiger partial charge < -0.3 is 4.74 Å². The Hall–Kier alpha value is -1.31. The summed E-state index contributed by atoms with van der Waals surface area (Å²) in [5.41, 5.74) is 2.39. The van der Waals surface area contributed by atoms with E-state index in [1.807, 2.05) is 6.07 Å². The van der Waals surface area contributed by atoms with Gasteiger partial charge in [-0.1, -0.05) is 44.7 Å². The molecule has 0 aromatic heterocycles. The van der Waals surface area contributed by atoms with Crippen molar-refractivity contribution in [1.29, 1.82) is 0 Å². The molecule has 1 heterocycles. The van der Waals surface area contributed by atoms with Crippen molar-refractivity contribution in [3.63, 3.8) is 0 Å². The van der Waals surface area contributed by atoms with E-state index in [2.05, 4.69) is 19.1 Å². The molecular weight excluding hydrogens is 212 g/mol. The van der Waals surface area contributed by atoms with Crippen molar-refractivity contribution >= 4 is 5.97 Å². The second kappa shape index (κ2) is 5.85. The van der Waals surface area contributed by atoms with Gasteiger partial charge >= 0.3 is 5.97 Å². The zero-order valence-corrected chi connectivity index (χ0v) is 10.5. The third kappa shape index (κ3) is 3.32. The highest BCUT2D eigenvalue weighted by Crippen LogP contribution is 2.27. The molecule has 1 aliphatic heterocycles. The van der Waals surface area contributed by atoms with Crippen LogP contribution in [0.15, 0.2) is 18.2 Å². The Morgan fingerprint density at radius 3 is 2.82 bits per heavy atom. The number of hydrogen-bond acceptors (Lipinski definition) is 2. The molecule has 0 spiro atoms. The summed E-state index contributed by atoms with van der Waals surface area (Å²) >= 11 is 0. The van der Waals surface area contributed by atoms with Gasteiger partial charge in [-0.05, 0) is 24.5 Å². The summed E-state index contributed by atoms with van der Waals surface area (Å²) in [6, 6.07) is 6.14. The van der Waals surface area contributed by atoms with E-state index >= 15 is 0 Å². The number of rotatable bonds is 6. The molecule has 0 amide bonds. The molecule has 0 bridgehead atoms. The van der Waals surface area contributed by atoms with Crippen molar-refractivity contribution < 1.29 is 9.53 Å². The fourth-order valence-electron chi connectivity index (χ4n) is 2.27. The quantitative estimate of drug-likeness (QED) is 0.425. The predicted octanol–water partition coefficient (Wildman–Crippen LogP) is 3.66. The van der Waals surface area contributed by atoms with Crippen LogP contribution in [-0.4, -0.2) is 5.97 Å². The van der Waals surface area contributed by atoms with Crippen LogP contribution < -0.4 is 4.74 Å². The van der Waals surface area contributed by atoms with Crippen molar-refractivity contribution in [2.75, 3.05) is 0 Å². The summed E-state index contributed by atoms with van der Waals surface area (Å²) in [5.74, 6) is 0.629. The molecule has 0 saturated heterocycles. The van der Waals surface area contributed by atoms with E-state index in [4.69, 9.17) is 4.74 Å². The highest BCUT2D eigenvalue weighted by molar-refractivity contribution is 5.81. The second-order valence-corrected chi connectivity index (χ2v) is 4.76. The molecule has 92 valence electrons. The lowest BCUT2D eigenvalue weighted by Crippen LogP contribution is -2.00. The Morgan fingerprint density at radius 2 is 2.00 bits per heavy atom. The van der Waals surface area contributed by atoms with Crippen LogP contribution in [0.1, 0.15) is 50.2 Å². The molecule has 2 heteroatoms. The SMILES string of the molecule is CCCCCCCc1ccc2c(c1)CC(=O)O2. The molecule has 0 N–H and O–H groups in total. The number of esters is 1. The van der Waals surface area contributed by atoms with Gasteiger partial charge in [-0.2, -0.15) is 0 Å². The van der Waals surface area contributed by atoms with Crippen LogP contribution in [0, 0.1) is 0 Å². The maximum absolute atomic E-state index is 11.1. The van der Waals surface area contributed by atoms with E-state index in [0.717, 1.165) is 17.7 Å². The lowest BCUT2D eigenvalue weighted by Gasteiger charge is -2.03. The van der Waals surface area contributed by atoms with Gasteiger partial charge in [-0.3, -0.25) is 4.79 Å². The minimum Gasteiger partial charge on any atom is -0.426 e. The third-order valence-electron chi connectivity index (χ3n) is 3.25. The first-order chi connectivity index (χ1) is 8.29. The summed E-state index contributed by atoms with van der Waals surface area (Å²) in [7, 11) is 0. The van der Waals surface area contributed by atoms with Crippen LogP contribution in [-0.2, 0) is 17.6 Å². The summed E-state index contributed by atoms with van der Waals surface area (Å²) < 4.78 is 5.08. The molecule has 17 heavy (non-hydrogen) atoms. The Labute approximate surface area is 103 Å². The zero-order valence-electron chi connectivity index (χ0n) is 10.5. The third-order valence-corrected chi connectivity index (χ3v) is 3.25. The van der Waals surface area contributed by atoms with E-state index < -0.39 is 0 Å². The molecule has 2 nitrogen and oxygen atoms in total. The highest BCUT2D eigenvalue weighted by atomic mass is 16.5. The molecular formula is C15H20O2. The maximum Gasteiger partial charge on any atom is 0.315 e. The van der Waals surface area contributed by atoms with E-state index in [0.29, 0.717) is 6.42 Å². The van der Waals surface area contributed by atoms with Gasteiger partial charge in [-0.25, -0.2) is 0 Å². The fraction of sp³-hybridized carbons (Fsp3) is 0.533. The molecule has 2 rings (SSSR count). The summed E-state index contributed by atoms with van der Waals surface area (Å²) in [4.78, 5) is 11.1. The lowest BCUT2D eigenvalue weighted by molar-refractivity contribution is -0.131. The zero-order chi connectivity index (χ0) is 12.1. The monoisotopic (exact) mass is 232 g/mol. The van der Waals surface area contributed by atoms with Crippen LogP contribution >= 0.6 is 0 Å². The first-order valence-electron chi connectivity index (χ1n) is 6.62. The summed E-state index contributed by atoms with van der Waals surface area (Å²) in [6.07, 6.45) is 8.08. The van der Waals surface area contributed by atoms with Crippen molar-refractivity contribution in [2.45, 2.75) is 51.9 Å². The number of fused-ring (bicyclic) bond motifs is 1. The number of hydrogen-bond donors (Lipinski definition) is 0. The summed E-state index contributed by atoms with van der Waals surface area (Å²) in [5, 5.41) is 0. The van der Waals surface area contributed by atoms with Gasteiger partial charge in [0.1, 0.15) is 5.75 Å². The molecule has 0 aliphatic carbocycles. The number of ether oxygens (including phenoxy) is 1. The van der Waals surface area contributed by atoms with Gasteiger partial charge in [0.25, 0.3) is 0 Å². The second-order valence-electron chi connectivity index (χ2n) is 4.76. The first-order valence-corrected chi connectivity index (χ1v) is 6.62. The minimum absolute atomic E-state index is 0.125. The Balaban J connectivity index is 1.82. The van der Waals surface area contributed by atoms with E-state index in [-0.39, 0.29) is 5.97 Å². The number of carbonyl (C=O) groups excluding carboxylic acids is 1. The molecule has 0 unspecified atom stereocenters. The van der Waals surface area contributed by atoms with Crippen molar-refractivity contribution in [2.24, 2.45) is 0 Å². The van der Waals surface area contributed by atoms with Crippen LogP contribution in [0.25, 0.3) is 0 Å².